The molecule has 1 aromatic carbocycles. The Kier molecular flexibility index (Phi) is 3.98. The van der Waals surface area contributed by atoms with Gasteiger partial charge >= 0.3 is 0 Å². The molecule has 2 aliphatic rings. The number of hydrogen-bond acceptors (Lipinski definition) is 5. The number of ether oxygens (including phenoxy) is 1. The van der Waals surface area contributed by atoms with Crippen LogP contribution in [0.5, 0.6) is 5.75 Å². The molecule has 3 aromatic rings. The van der Waals surface area contributed by atoms with Crippen LogP contribution in [0.15, 0.2) is 36.7 Å². The van der Waals surface area contributed by atoms with Gasteiger partial charge in [-0.2, -0.15) is 5.10 Å². The SMILES string of the molecule is O=C([C@H]1Cc2cc(Cl)cc(-c3ccnc4ccnn34)c2O1)N1CCNCC1. The summed E-state index contributed by atoms with van der Waals surface area (Å²) in [4.78, 5) is 19.1. The summed E-state index contributed by atoms with van der Waals surface area (Å²) < 4.78 is 7.91. The number of hydrogen-bond donors (Lipinski definition) is 1. The lowest BCUT2D eigenvalue weighted by atomic mass is 10.0. The third-order valence-electron chi connectivity index (χ3n) is 5.07. The number of fused-ring (bicyclic) bond motifs is 2. The van der Waals surface area contributed by atoms with Crippen LogP contribution in [-0.4, -0.2) is 57.7 Å². The van der Waals surface area contributed by atoms with Crippen LogP contribution in [0.2, 0.25) is 5.02 Å². The van der Waals surface area contributed by atoms with Crippen LogP contribution in [0, 0.1) is 0 Å². The number of rotatable bonds is 2. The average Bonchev–Trinajstić information content (AvgIpc) is 3.34. The van der Waals surface area contributed by atoms with Gasteiger partial charge in [-0.1, -0.05) is 11.6 Å². The molecule has 0 bridgehead atoms. The maximum absolute atomic E-state index is 12.9. The van der Waals surface area contributed by atoms with Crippen molar-refractivity contribution in [2.45, 2.75) is 12.5 Å². The lowest BCUT2D eigenvalue weighted by molar-refractivity contribution is -0.138. The minimum Gasteiger partial charge on any atom is -0.479 e. The first kappa shape index (κ1) is 16.5. The zero-order valence-corrected chi connectivity index (χ0v) is 15.3. The van der Waals surface area contributed by atoms with Crippen molar-refractivity contribution in [3.63, 3.8) is 0 Å². The van der Waals surface area contributed by atoms with Gasteiger partial charge in [0, 0.05) is 61.0 Å². The summed E-state index contributed by atoms with van der Waals surface area (Å²) in [7, 11) is 0. The van der Waals surface area contributed by atoms with E-state index >= 15 is 0 Å². The molecule has 1 saturated heterocycles. The molecule has 1 N–H and O–H groups in total. The van der Waals surface area contributed by atoms with E-state index in [1.807, 2.05) is 29.2 Å². The van der Waals surface area contributed by atoms with Crippen LogP contribution in [-0.2, 0) is 11.2 Å². The molecule has 1 atom stereocenters. The van der Waals surface area contributed by atoms with Gasteiger partial charge in [0.1, 0.15) is 5.75 Å². The van der Waals surface area contributed by atoms with Crippen molar-refractivity contribution < 1.29 is 9.53 Å². The summed E-state index contributed by atoms with van der Waals surface area (Å²) >= 11 is 6.38. The molecule has 8 heteroatoms. The lowest BCUT2D eigenvalue weighted by Crippen LogP contribution is -2.50. The highest BCUT2D eigenvalue weighted by atomic mass is 35.5. The molecule has 0 unspecified atom stereocenters. The summed E-state index contributed by atoms with van der Waals surface area (Å²) in [5.74, 6) is 0.740. The summed E-state index contributed by atoms with van der Waals surface area (Å²) in [6.07, 6.45) is 3.45. The third kappa shape index (κ3) is 2.83. The molecule has 138 valence electrons. The van der Waals surface area contributed by atoms with E-state index in [0.29, 0.717) is 30.3 Å². The number of amides is 1. The second kappa shape index (κ2) is 6.51. The van der Waals surface area contributed by atoms with Crippen molar-refractivity contribution in [2.24, 2.45) is 0 Å². The van der Waals surface area contributed by atoms with Gasteiger partial charge in [-0.25, -0.2) is 9.50 Å². The normalized spacial score (nSPS) is 19.1. The lowest BCUT2D eigenvalue weighted by Gasteiger charge is -2.29. The summed E-state index contributed by atoms with van der Waals surface area (Å²) in [5.41, 5.74) is 3.35. The molecule has 0 saturated carbocycles. The zero-order chi connectivity index (χ0) is 18.4. The molecular weight excluding hydrogens is 366 g/mol. The molecule has 4 heterocycles. The Hall–Kier alpha value is -2.64. The first-order valence-electron chi connectivity index (χ1n) is 8.98. The molecule has 2 aromatic heterocycles. The van der Waals surface area contributed by atoms with E-state index < -0.39 is 6.10 Å². The van der Waals surface area contributed by atoms with Crippen molar-refractivity contribution in [3.05, 3.63) is 47.2 Å². The number of benzene rings is 1. The second-order valence-corrected chi connectivity index (χ2v) is 7.20. The molecule has 1 fully saturated rings. The van der Waals surface area contributed by atoms with Crippen molar-refractivity contribution in [3.8, 4) is 17.0 Å². The summed E-state index contributed by atoms with van der Waals surface area (Å²) in [5, 5.41) is 8.22. The number of piperazine rings is 1. The Morgan fingerprint density at radius 1 is 1.22 bits per heavy atom. The van der Waals surface area contributed by atoms with Gasteiger partial charge in [0.15, 0.2) is 11.8 Å². The minimum absolute atomic E-state index is 0.0359. The molecule has 5 rings (SSSR count). The zero-order valence-electron chi connectivity index (χ0n) is 14.6. The Morgan fingerprint density at radius 3 is 2.93 bits per heavy atom. The van der Waals surface area contributed by atoms with Gasteiger partial charge in [0.25, 0.3) is 5.91 Å². The average molecular weight is 384 g/mol. The van der Waals surface area contributed by atoms with Crippen molar-refractivity contribution in [1.82, 2.24) is 24.8 Å². The van der Waals surface area contributed by atoms with E-state index in [9.17, 15) is 4.79 Å². The highest BCUT2D eigenvalue weighted by Gasteiger charge is 2.35. The molecule has 2 aliphatic heterocycles. The molecule has 1 amide bonds. The highest BCUT2D eigenvalue weighted by Crippen LogP contribution is 2.41. The monoisotopic (exact) mass is 383 g/mol. The number of nitrogens with one attached hydrogen (secondary N) is 1. The number of nitrogens with zero attached hydrogens (tertiary/aromatic N) is 4. The van der Waals surface area contributed by atoms with Gasteiger partial charge in [0.05, 0.1) is 11.9 Å². The smallest absolute Gasteiger partial charge is 0.264 e. The predicted molar refractivity (Wildman–Crippen MR) is 101 cm³/mol. The van der Waals surface area contributed by atoms with Crippen molar-refractivity contribution in [1.29, 1.82) is 0 Å². The second-order valence-electron chi connectivity index (χ2n) is 6.76. The first-order valence-corrected chi connectivity index (χ1v) is 9.36. The van der Waals surface area contributed by atoms with E-state index in [4.69, 9.17) is 16.3 Å². The third-order valence-corrected chi connectivity index (χ3v) is 5.28. The quantitative estimate of drug-likeness (QED) is 0.730. The van der Waals surface area contributed by atoms with Crippen LogP contribution in [0.4, 0.5) is 0 Å². The van der Waals surface area contributed by atoms with Crippen LogP contribution in [0.3, 0.4) is 0 Å². The fraction of sp³-hybridized carbons (Fsp3) is 0.316. The van der Waals surface area contributed by atoms with E-state index in [2.05, 4.69) is 15.4 Å². The molecular formula is C19H18ClN5O2. The van der Waals surface area contributed by atoms with Crippen LogP contribution < -0.4 is 10.1 Å². The molecule has 0 spiro atoms. The Morgan fingerprint density at radius 2 is 2.07 bits per heavy atom. The van der Waals surface area contributed by atoms with Crippen molar-refractivity contribution >= 4 is 23.2 Å². The maximum Gasteiger partial charge on any atom is 0.264 e. The molecule has 0 radical (unpaired) electrons. The van der Waals surface area contributed by atoms with Crippen LogP contribution >= 0.6 is 11.6 Å². The highest BCUT2D eigenvalue weighted by molar-refractivity contribution is 6.31. The first-order chi connectivity index (χ1) is 13.2. The van der Waals surface area contributed by atoms with E-state index in [1.54, 1.807) is 16.9 Å². The van der Waals surface area contributed by atoms with Crippen LogP contribution in [0.25, 0.3) is 16.9 Å². The fourth-order valence-electron chi connectivity index (χ4n) is 3.78. The number of aromatic nitrogens is 3. The Balaban J connectivity index is 1.53. The number of halogens is 1. The minimum atomic E-state index is -0.509. The van der Waals surface area contributed by atoms with Gasteiger partial charge in [-0.15, -0.1) is 0 Å². The van der Waals surface area contributed by atoms with Gasteiger partial charge in [0.2, 0.25) is 0 Å². The maximum atomic E-state index is 12.9. The fourth-order valence-corrected chi connectivity index (χ4v) is 4.02. The van der Waals surface area contributed by atoms with Gasteiger partial charge < -0.3 is 15.0 Å². The topological polar surface area (TPSA) is 71.8 Å². The van der Waals surface area contributed by atoms with E-state index in [-0.39, 0.29) is 5.91 Å². The summed E-state index contributed by atoms with van der Waals surface area (Å²) in [6, 6.07) is 7.45. The molecule has 0 aliphatic carbocycles. The van der Waals surface area contributed by atoms with Gasteiger partial charge in [-0.3, -0.25) is 4.79 Å². The van der Waals surface area contributed by atoms with Gasteiger partial charge in [-0.05, 0) is 18.2 Å². The number of carbonyl (C=O) groups excluding carboxylic acids is 1. The van der Waals surface area contributed by atoms with Crippen LogP contribution in [0.1, 0.15) is 5.56 Å². The van der Waals surface area contributed by atoms with E-state index in [0.717, 1.165) is 35.6 Å². The van der Waals surface area contributed by atoms with Crippen molar-refractivity contribution in [2.75, 3.05) is 26.2 Å². The predicted octanol–water partition coefficient (Wildman–Crippen LogP) is 1.78. The summed E-state index contributed by atoms with van der Waals surface area (Å²) in [6.45, 7) is 3.05. The molecule has 27 heavy (non-hydrogen) atoms. The Bertz CT molecular complexity index is 1030. The standard InChI is InChI=1S/C19H18ClN5O2/c20-13-9-12-10-16(19(26)24-7-5-21-6-8-24)27-18(12)14(11-13)15-1-3-22-17-2-4-23-25(15)17/h1-4,9,11,16,21H,5-8,10H2/t16-/m1/s1. The molecule has 7 nitrogen and oxygen atoms in total. The largest absolute Gasteiger partial charge is 0.479 e. The van der Waals surface area contributed by atoms with E-state index in [1.165, 1.54) is 0 Å². The number of carbonyl (C=O) groups is 1. The Labute approximate surface area is 160 Å².